The van der Waals surface area contributed by atoms with Crippen LogP contribution in [0.4, 0.5) is 5.69 Å². The molecule has 0 spiro atoms. The number of nitrogens with one attached hydrogen (secondary N) is 2. The van der Waals surface area contributed by atoms with Gasteiger partial charge < -0.3 is 10.6 Å². The van der Waals surface area contributed by atoms with Crippen LogP contribution in [0.5, 0.6) is 0 Å². The third-order valence-electron chi connectivity index (χ3n) is 4.42. The number of rotatable bonds is 3. The minimum absolute atomic E-state index is 0.188. The summed E-state index contributed by atoms with van der Waals surface area (Å²) in [6.07, 6.45) is 0. The molecule has 0 radical (unpaired) electrons. The number of anilines is 1. The van der Waals surface area contributed by atoms with Gasteiger partial charge in [-0.1, -0.05) is 60.1 Å². The number of fused-ring (bicyclic) bond motifs is 1. The van der Waals surface area contributed by atoms with Crippen LogP contribution in [-0.4, -0.2) is 11.8 Å². The lowest BCUT2D eigenvalue weighted by Crippen LogP contribution is -2.17. The Morgan fingerprint density at radius 1 is 0.962 bits per heavy atom. The molecule has 0 bridgehead atoms. The van der Waals surface area contributed by atoms with Gasteiger partial charge in [0.25, 0.3) is 11.8 Å². The number of hydrogen-bond acceptors (Lipinski definition) is 2. The highest BCUT2D eigenvalue weighted by Crippen LogP contribution is 2.34. The predicted molar refractivity (Wildman–Crippen MR) is 102 cm³/mol. The van der Waals surface area contributed by atoms with Gasteiger partial charge in [0, 0.05) is 6.54 Å². The number of carbonyl (C=O) groups excluding carboxylic acids is 2. The molecule has 3 aromatic carbocycles. The van der Waals surface area contributed by atoms with Gasteiger partial charge in [0.2, 0.25) is 0 Å². The molecule has 26 heavy (non-hydrogen) atoms. The lowest BCUT2D eigenvalue weighted by molar-refractivity contribution is 0.0966. The molecular formula is C21H15ClN2O2. The predicted octanol–water partition coefficient (Wildman–Crippen LogP) is 4.50. The van der Waals surface area contributed by atoms with Crippen molar-refractivity contribution in [3.8, 4) is 11.1 Å². The molecule has 1 aliphatic heterocycles. The van der Waals surface area contributed by atoms with Crippen molar-refractivity contribution >= 4 is 29.1 Å². The van der Waals surface area contributed by atoms with Crippen LogP contribution in [0.3, 0.4) is 0 Å². The molecule has 0 saturated heterocycles. The zero-order valence-corrected chi connectivity index (χ0v) is 14.5. The summed E-state index contributed by atoms with van der Waals surface area (Å²) in [4.78, 5) is 24.9. The SMILES string of the molecule is O=C(Nc1ccc(-c2ccccc2)c2c1C(=O)NC2)c1ccccc1Cl. The van der Waals surface area contributed by atoms with Gasteiger partial charge in [-0.05, 0) is 34.9 Å². The van der Waals surface area contributed by atoms with E-state index >= 15 is 0 Å². The topological polar surface area (TPSA) is 58.2 Å². The van der Waals surface area contributed by atoms with Crippen molar-refractivity contribution in [2.45, 2.75) is 6.54 Å². The zero-order chi connectivity index (χ0) is 18.1. The molecule has 0 fully saturated rings. The van der Waals surface area contributed by atoms with Gasteiger partial charge in [-0.3, -0.25) is 9.59 Å². The average Bonchev–Trinajstić information content (AvgIpc) is 3.05. The first-order valence-electron chi connectivity index (χ1n) is 8.20. The Labute approximate surface area is 155 Å². The fourth-order valence-electron chi connectivity index (χ4n) is 3.18. The molecular weight excluding hydrogens is 348 g/mol. The van der Waals surface area contributed by atoms with Gasteiger partial charge >= 0.3 is 0 Å². The van der Waals surface area contributed by atoms with Crippen molar-refractivity contribution in [2.24, 2.45) is 0 Å². The molecule has 0 atom stereocenters. The molecule has 2 amide bonds. The maximum absolute atomic E-state index is 12.6. The molecule has 3 aromatic rings. The van der Waals surface area contributed by atoms with Crippen LogP contribution in [0.25, 0.3) is 11.1 Å². The van der Waals surface area contributed by atoms with Gasteiger partial charge in [0.15, 0.2) is 0 Å². The highest BCUT2D eigenvalue weighted by atomic mass is 35.5. The minimum atomic E-state index is -0.343. The van der Waals surface area contributed by atoms with Crippen LogP contribution in [0, 0.1) is 0 Å². The summed E-state index contributed by atoms with van der Waals surface area (Å²) < 4.78 is 0. The number of amides is 2. The fraction of sp³-hybridized carbons (Fsp3) is 0.0476. The van der Waals surface area contributed by atoms with Gasteiger partial charge in [0.1, 0.15) is 0 Å². The molecule has 1 heterocycles. The largest absolute Gasteiger partial charge is 0.348 e. The van der Waals surface area contributed by atoms with E-state index in [1.54, 1.807) is 30.3 Å². The Kier molecular flexibility index (Phi) is 4.19. The number of hydrogen-bond donors (Lipinski definition) is 2. The van der Waals surface area contributed by atoms with Crippen LogP contribution >= 0.6 is 11.6 Å². The summed E-state index contributed by atoms with van der Waals surface area (Å²) in [5.74, 6) is -0.530. The van der Waals surface area contributed by atoms with E-state index < -0.39 is 0 Å². The van der Waals surface area contributed by atoms with Crippen molar-refractivity contribution in [1.29, 1.82) is 0 Å². The van der Waals surface area contributed by atoms with Gasteiger partial charge in [0.05, 0.1) is 21.8 Å². The fourth-order valence-corrected chi connectivity index (χ4v) is 3.40. The second-order valence-electron chi connectivity index (χ2n) is 6.00. The molecule has 2 N–H and O–H groups in total. The van der Waals surface area contributed by atoms with E-state index in [1.165, 1.54) is 0 Å². The molecule has 0 unspecified atom stereocenters. The zero-order valence-electron chi connectivity index (χ0n) is 13.8. The Hall–Kier alpha value is -3.11. The van der Waals surface area contributed by atoms with E-state index in [9.17, 15) is 9.59 Å². The summed E-state index contributed by atoms with van der Waals surface area (Å²) in [5.41, 5.74) is 4.26. The minimum Gasteiger partial charge on any atom is -0.348 e. The van der Waals surface area contributed by atoms with Gasteiger partial charge in [-0.25, -0.2) is 0 Å². The van der Waals surface area contributed by atoms with Crippen LogP contribution in [0.2, 0.25) is 5.02 Å². The van der Waals surface area contributed by atoms with E-state index in [4.69, 9.17) is 11.6 Å². The molecule has 128 valence electrons. The lowest BCUT2D eigenvalue weighted by atomic mass is 9.95. The van der Waals surface area contributed by atoms with Crippen molar-refractivity contribution in [1.82, 2.24) is 5.32 Å². The smallest absolute Gasteiger partial charge is 0.257 e. The first kappa shape index (κ1) is 16.4. The lowest BCUT2D eigenvalue weighted by Gasteiger charge is -2.13. The Bertz CT molecular complexity index is 1020. The average molecular weight is 363 g/mol. The molecule has 4 nitrogen and oxygen atoms in total. The monoisotopic (exact) mass is 362 g/mol. The van der Waals surface area contributed by atoms with E-state index in [2.05, 4.69) is 10.6 Å². The second-order valence-corrected chi connectivity index (χ2v) is 6.40. The molecule has 5 heteroatoms. The Morgan fingerprint density at radius 3 is 2.46 bits per heavy atom. The summed E-state index contributed by atoms with van der Waals surface area (Å²) in [6.45, 7) is 0.439. The molecule has 0 saturated carbocycles. The number of halogens is 1. The third kappa shape index (κ3) is 2.85. The first-order valence-corrected chi connectivity index (χ1v) is 8.58. The molecule has 4 rings (SSSR count). The highest BCUT2D eigenvalue weighted by Gasteiger charge is 2.27. The Balaban J connectivity index is 1.75. The maximum Gasteiger partial charge on any atom is 0.257 e. The van der Waals surface area contributed by atoms with Crippen molar-refractivity contribution in [3.63, 3.8) is 0 Å². The maximum atomic E-state index is 12.6. The highest BCUT2D eigenvalue weighted by molar-refractivity contribution is 6.34. The van der Waals surface area contributed by atoms with Crippen LogP contribution in [0.1, 0.15) is 26.3 Å². The van der Waals surface area contributed by atoms with Gasteiger partial charge in [-0.2, -0.15) is 0 Å². The number of carbonyl (C=O) groups is 2. The Morgan fingerprint density at radius 2 is 1.69 bits per heavy atom. The number of benzene rings is 3. The van der Waals surface area contributed by atoms with Crippen molar-refractivity contribution in [3.05, 3.63) is 88.4 Å². The normalized spacial score (nSPS) is 12.4. The van der Waals surface area contributed by atoms with Crippen LogP contribution < -0.4 is 10.6 Å². The van der Waals surface area contributed by atoms with E-state index in [1.807, 2.05) is 36.4 Å². The van der Waals surface area contributed by atoms with E-state index in [0.29, 0.717) is 28.4 Å². The molecule has 0 aliphatic carbocycles. The quantitative estimate of drug-likeness (QED) is 0.720. The van der Waals surface area contributed by atoms with Crippen LogP contribution in [0.15, 0.2) is 66.7 Å². The summed E-state index contributed by atoms with van der Waals surface area (Å²) >= 11 is 6.10. The van der Waals surface area contributed by atoms with E-state index in [0.717, 1.165) is 16.7 Å². The molecule has 0 aromatic heterocycles. The third-order valence-corrected chi connectivity index (χ3v) is 4.75. The summed E-state index contributed by atoms with van der Waals surface area (Å²) in [6, 6.07) is 20.4. The van der Waals surface area contributed by atoms with Crippen molar-refractivity contribution in [2.75, 3.05) is 5.32 Å². The van der Waals surface area contributed by atoms with Gasteiger partial charge in [-0.15, -0.1) is 0 Å². The van der Waals surface area contributed by atoms with E-state index in [-0.39, 0.29) is 11.8 Å². The van der Waals surface area contributed by atoms with Crippen molar-refractivity contribution < 1.29 is 9.59 Å². The first-order chi connectivity index (χ1) is 12.6. The summed E-state index contributed by atoms with van der Waals surface area (Å²) in [7, 11) is 0. The van der Waals surface area contributed by atoms with Crippen LogP contribution in [-0.2, 0) is 6.54 Å². The summed E-state index contributed by atoms with van der Waals surface area (Å²) in [5, 5.41) is 6.04. The standard InChI is InChI=1S/C21H15ClN2O2/c22-17-9-5-4-8-15(17)20(25)24-18-11-10-14(13-6-2-1-3-7-13)16-12-23-21(26)19(16)18/h1-11H,12H2,(H,23,26)(H,24,25). The molecule has 1 aliphatic rings. The second kappa shape index (κ2) is 6.65.